The van der Waals surface area contributed by atoms with Crippen LogP contribution in [0, 0.1) is 5.92 Å². The van der Waals surface area contributed by atoms with E-state index in [4.69, 9.17) is 0 Å². The van der Waals surface area contributed by atoms with Crippen LogP contribution in [0.5, 0.6) is 0 Å². The van der Waals surface area contributed by atoms with Crippen LogP contribution in [0.1, 0.15) is 44.9 Å². The molecule has 2 unspecified atom stereocenters. The smallest absolute Gasteiger partial charge is 0.0297 e. The van der Waals surface area contributed by atoms with E-state index in [9.17, 15) is 0 Å². The normalized spacial score (nSPS) is 14.6. The maximum atomic E-state index is 3.79. The Balaban J connectivity index is 2.63. The Hall–Kier alpha value is -1.08. The number of nitrogens with one attached hydrogen (secondary N) is 1. The van der Waals surface area contributed by atoms with E-state index in [1.54, 1.807) is 0 Å². The summed E-state index contributed by atoms with van der Waals surface area (Å²) >= 11 is 0. The molecule has 1 aromatic rings. The first-order valence-electron chi connectivity index (χ1n) is 6.50. The lowest BCUT2D eigenvalue weighted by molar-refractivity contribution is 0.537. The van der Waals surface area contributed by atoms with E-state index < -0.39 is 0 Å². The van der Waals surface area contributed by atoms with Crippen molar-refractivity contribution in [2.75, 3.05) is 0 Å². The number of rotatable bonds is 6. The van der Waals surface area contributed by atoms with Gasteiger partial charge in [-0.2, -0.15) is 0 Å². The second-order valence-electron chi connectivity index (χ2n) is 5.25. The molecule has 1 N–H and O–H groups in total. The zero-order chi connectivity index (χ0) is 12.8. The molecule has 94 valence electrons. The molecule has 0 aliphatic heterocycles. The van der Waals surface area contributed by atoms with Crippen molar-refractivity contribution in [1.29, 1.82) is 0 Å². The molecule has 1 aromatic carbocycles. The first-order valence-corrected chi connectivity index (χ1v) is 6.50. The van der Waals surface area contributed by atoms with Crippen LogP contribution in [0.25, 0.3) is 0 Å². The van der Waals surface area contributed by atoms with E-state index in [1.807, 2.05) is 6.08 Å². The second-order valence-corrected chi connectivity index (χ2v) is 5.25. The van der Waals surface area contributed by atoms with Gasteiger partial charge in [-0.05, 0) is 37.3 Å². The van der Waals surface area contributed by atoms with Crippen LogP contribution in [0.3, 0.4) is 0 Å². The molecule has 0 bridgehead atoms. The molecule has 1 heteroatoms. The highest BCUT2D eigenvalue weighted by atomic mass is 14.9. The second kappa shape index (κ2) is 6.61. The molecule has 0 spiro atoms. The van der Waals surface area contributed by atoms with Crippen molar-refractivity contribution in [3.8, 4) is 0 Å². The number of hydrogen-bond donors (Lipinski definition) is 1. The van der Waals surface area contributed by atoms with Crippen molar-refractivity contribution >= 4 is 0 Å². The zero-order valence-electron chi connectivity index (χ0n) is 11.5. The lowest BCUT2D eigenvalue weighted by Crippen LogP contribution is -2.26. The van der Waals surface area contributed by atoms with Gasteiger partial charge in [-0.1, -0.05) is 44.2 Å². The van der Waals surface area contributed by atoms with Gasteiger partial charge in [0.2, 0.25) is 0 Å². The van der Waals surface area contributed by atoms with E-state index in [0.29, 0.717) is 12.1 Å². The van der Waals surface area contributed by atoms with Crippen LogP contribution in [-0.2, 0) is 6.42 Å². The molecular formula is C16H25N. The molecule has 17 heavy (non-hydrogen) atoms. The van der Waals surface area contributed by atoms with Crippen LogP contribution < -0.4 is 5.32 Å². The summed E-state index contributed by atoms with van der Waals surface area (Å²) in [7, 11) is 0. The Bertz CT molecular complexity index is 337. The molecule has 0 fully saturated rings. The predicted octanol–water partition coefficient (Wildman–Crippen LogP) is 4.11. The van der Waals surface area contributed by atoms with Crippen LogP contribution >= 0.6 is 0 Å². The quantitative estimate of drug-likeness (QED) is 0.726. The van der Waals surface area contributed by atoms with Gasteiger partial charge in [0, 0.05) is 12.1 Å². The van der Waals surface area contributed by atoms with Gasteiger partial charge in [-0.15, -0.1) is 6.58 Å². The van der Waals surface area contributed by atoms with Gasteiger partial charge in [0.25, 0.3) is 0 Å². The zero-order valence-corrected chi connectivity index (χ0v) is 11.5. The Labute approximate surface area is 106 Å². The molecule has 0 aliphatic carbocycles. The molecule has 0 saturated heterocycles. The fourth-order valence-electron chi connectivity index (χ4n) is 1.97. The van der Waals surface area contributed by atoms with Crippen LogP contribution in [-0.4, -0.2) is 6.04 Å². The van der Waals surface area contributed by atoms with Gasteiger partial charge in [0.05, 0.1) is 0 Å². The molecule has 1 rings (SSSR count). The summed E-state index contributed by atoms with van der Waals surface area (Å²) in [6.45, 7) is 12.6. The maximum absolute atomic E-state index is 3.79. The molecule has 0 saturated carbocycles. The molecule has 1 nitrogen and oxygen atoms in total. The summed E-state index contributed by atoms with van der Waals surface area (Å²) in [6.07, 6.45) is 3.09. The predicted molar refractivity (Wildman–Crippen MR) is 76.2 cm³/mol. The fourth-order valence-corrected chi connectivity index (χ4v) is 1.97. The molecular weight excluding hydrogens is 206 g/mol. The molecule has 0 aliphatic rings. The first kappa shape index (κ1) is 14.0. The van der Waals surface area contributed by atoms with Crippen LogP contribution in [0.2, 0.25) is 0 Å². The lowest BCUT2D eigenvalue weighted by Gasteiger charge is -2.18. The Morgan fingerprint density at radius 2 is 1.71 bits per heavy atom. The van der Waals surface area contributed by atoms with Crippen LogP contribution in [0.4, 0.5) is 0 Å². The van der Waals surface area contributed by atoms with Gasteiger partial charge in [-0.3, -0.25) is 0 Å². The SMILES string of the molecule is C=CC(C)NC(C)c1ccc(CC(C)C)cc1. The minimum absolute atomic E-state index is 0.348. The largest absolute Gasteiger partial charge is 0.304 e. The van der Waals surface area contributed by atoms with Gasteiger partial charge >= 0.3 is 0 Å². The molecule has 0 radical (unpaired) electrons. The lowest BCUT2D eigenvalue weighted by atomic mass is 10.00. The summed E-state index contributed by atoms with van der Waals surface area (Å²) in [5, 5.41) is 3.49. The van der Waals surface area contributed by atoms with Crippen molar-refractivity contribution < 1.29 is 0 Å². The Kier molecular flexibility index (Phi) is 5.43. The van der Waals surface area contributed by atoms with Crippen molar-refractivity contribution in [3.05, 3.63) is 48.0 Å². The minimum Gasteiger partial charge on any atom is -0.304 e. The van der Waals surface area contributed by atoms with Gasteiger partial charge < -0.3 is 5.32 Å². The maximum Gasteiger partial charge on any atom is 0.0297 e. The molecule has 0 amide bonds. The monoisotopic (exact) mass is 231 g/mol. The average Bonchev–Trinajstić information content (AvgIpc) is 2.28. The van der Waals surface area contributed by atoms with E-state index >= 15 is 0 Å². The van der Waals surface area contributed by atoms with Gasteiger partial charge in [0.1, 0.15) is 0 Å². The van der Waals surface area contributed by atoms with Crippen LogP contribution in [0.15, 0.2) is 36.9 Å². The summed E-state index contributed by atoms with van der Waals surface area (Å²) in [5.74, 6) is 0.720. The van der Waals surface area contributed by atoms with E-state index in [0.717, 1.165) is 12.3 Å². The third kappa shape index (κ3) is 4.74. The van der Waals surface area contributed by atoms with Crippen molar-refractivity contribution in [3.63, 3.8) is 0 Å². The van der Waals surface area contributed by atoms with Crippen molar-refractivity contribution in [2.45, 2.75) is 46.2 Å². The fraction of sp³-hybridized carbons (Fsp3) is 0.500. The third-order valence-electron chi connectivity index (χ3n) is 2.99. The summed E-state index contributed by atoms with van der Waals surface area (Å²) in [6, 6.07) is 9.66. The highest BCUT2D eigenvalue weighted by Gasteiger charge is 2.07. The highest BCUT2D eigenvalue weighted by Crippen LogP contribution is 2.16. The Morgan fingerprint density at radius 1 is 1.12 bits per heavy atom. The molecule has 2 atom stereocenters. The highest BCUT2D eigenvalue weighted by molar-refractivity contribution is 5.25. The van der Waals surface area contributed by atoms with E-state index in [2.05, 4.69) is 63.9 Å². The molecule has 0 heterocycles. The number of benzene rings is 1. The number of hydrogen-bond acceptors (Lipinski definition) is 1. The standard InChI is InChI=1S/C16H25N/c1-6-13(4)17-14(5)16-9-7-15(8-10-16)11-12(2)3/h6-10,12-14,17H,1,11H2,2-5H3. The topological polar surface area (TPSA) is 12.0 Å². The van der Waals surface area contributed by atoms with E-state index in [1.165, 1.54) is 11.1 Å². The van der Waals surface area contributed by atoms with E-state index in [-0.39, 0.29) is 0 Å². The molecule has 0 aromatic heterocycles. The summed E-state index contributed by atoms with van der Waals surface area (Å²) in [5.41, 5.74) is 2.76. The minimum atomic E-state index is 0.348. The average molecular weight is 231 g/mol. The van der Waals surface area contributed by atoms with Gasteiger partial charge in [-0.25, -0.2) is 0 Å². The first-order chi connectivity index (χ1) is 8.02. The van der Waals surface area contributed by atoms with Crippen molar-refractivity contribution in [1.82, 2.24) is 5.32 Å². The van der Waals surface area contributed by atoms with Crippen molar-refractivity contribution in [2.24, 2.45) is 5.92 Å². The Morgan fingerprint density at radius 3 is 2.18 bits per heavy atom. The third-order valence-corrected chi connectivity index (χ3v) is 2.99. The van der Waals surface area contributed by atoms with Gasteiger partial charge in [0.15, 0.2) is 0 Å². The summed E-state index contributed by atoms with van der Waals surface area (Å²) < 4.78 is 0. The summed E-state index contributed by atoms with van der Waals surface area (Å²) in [4.78, 5) is 0.